The molecular weight excluding hydrogens is 258 g/mol. The largest absolute Gasteiger partial charge is 0.360 e. The summed E-state index contributed by atoms with van der Waals surface area (Å²) in [6.45, 7) is 5.08. The lowest BCUT2D eigenvalue weighted by molar-refractivity contribution is -0.226. The number of nitrogens with one attached hydrogen (secondary N) is 1. The summed E-state index contributed by atoms with van der Waals surface area (Å²) in [5.41, 5.74) is 2.20. The summed E-state index contributed by atoms with van der Waals surface area (Å²) in [5, 5.41) is 3.19. The van der Waals surface area contributed by atoms with Crippen molar-refractivity contribution in [2.24, 2.45) is 0 Å². The maximum Gasteiger partial charge on any atom is 0.163 e. The average Bonchev–Trinajstić information content (AvgIpc) is 2.20. The molecule has 1 N–H and O–H groups in total. The molecule has 0 amide bonds. The van der Waals surface area contributed by atoms with E-state index in [1.165, 1.54) is 0 Å². The Balaban J connectivity index is 2.07. The van der Waals surface area contributed by atoms with Gasteiger partial charge in [0.25, 0.3) is 0 Å². The van der Waals surface area contributed by atoms with E-state index in [-0.39, 0.29) is 0 Å². The summed E-state index contributed by atoms with van der Waals surface area (Å²) in [4.78, 5) is 0. The smallest absolute Gasteiger partial charge is 0.163 e. The first kappa shape index (κ1) is 10.9. The van der Waals surface area contributed by atoms with E-state index in [1.54, 1.807) is 0 Å². The van der Waals surface area contributed by atoms with Gasteiger partial charge in [0.1, 0.15) is 0 Å². The van der Waals surface area contributed by atoms with E-state index in [2.05, 4.69) is 21.2 Å². The minimum Gasteiger partial charge on any atom is -0.360 e. The molecule has 4 heteroatoms. The minimum absolute atomic E-state index is 0.459. The summed E-state index contributed by atoms with van der Waals surface area (Å²) in [7, 11) is 0. The topological polar surface area (TPSA) is 30.5 Å². The van der Waals surface area contributed by atoms with Crippen LogP contribution in [0.1, 0.15) is 13.8 Å². The van der Waals surface area contributed by atoms with Crippen LogP contribution in [0, 0.1) is 0 Å². The van der Waals surface area contributed by atoms with Gasteiger partial charge in [-0.05, 0) is 41.9 Å². The van der Waals surface area contributed by atoms with Crippen LogP contribution < -0.4 is 5.32 Å². The zero-order valence-corrected chi connectivity index (χ0v) is 10.4. The minimum atomic E-state index is -0.459. The maximum atomic E-state index is 5.57. The Morgan fingerprint density at radius 2 is 1.93 bits per heavy atom. The second kappa shape index (κ2) is 4.12. The molecule has 82 valence electrons. The standard InChI is InChI=1S/C11H14BrNO2/c1-11(2)14-6-8(7-15-11)10-4-3-9(12)5-13-10/h3-5,13H,6-7H2,1-2H3. The van der Waals surface area contributed by atoms with Gasteiger partial charge >= 0.3 is 0 Å². The Hall–Kier alpha value is -0.580. The Morgan fingerprint density at radius 1 is 1.27 bits per heavy atom. The average molecular weight is 272 g/mol. The monoisotopic (exact) mass is 271 g/mol. The van der Waals surface area contributed by atoms with Crippen molar-refractivity contribution in [3.63, 3.8) is 0 Å². The van der Waals surface area contributed by atoms with Crippen LogP contribution in [-0.4, -0.2) is 19.0 Å². The molecule has 0 bridgehead atoms. The molecule has 0 aromatic carbocycles. The predicted molar refractivity (Wildman–Crippen MR) is 62.3 cm³/mol. The van der Waals surface area contributed by atoms with Crippen molar-refractivity contribution in [2.45, 2.75) is 19.6 Å². The van der Waals surface area contributed by atoms with Gasteiger partial charge in [0.15, 0.2) is 5.79 Å². The van der Waals surface area contributed by atoms with E-state index in [1.807, 2.05) is 32.2 Å². The Kier molecular flexibility index (Phi) is 3.00. The number of hydrogen-bond acceptors (Lipinski definition) is 3. The van der Waals surface area contributed by atoms with Crippen molar-refractivity contribution in [1.82, 2.24) is 5.32 Å². The van der Waals surface area contributed by atoms with Crippen molar-refractivity contribution in [3.8, 4) is 0 Å². The molecule has 2 aliphatic heterocycles. The Labute approximate surface area is 98.0 Å². The first-order chi connectivity index (χ1) is 7.07. The Bertz CT molecular complexity index is 344. The zero-order valence-electron chi connectivity index (χ0n) is 8.84. The van der Waals surface area contributed by atoms with Crippen LogP contribution in [0.15, 0.2) is 34.1 Å². The van der Waals surface area contributed by atoms with Crippen LogP contribution in [0.3, 0.4) is 0 Å². The number of ether oxygens (including phenoxy) is 2. The fraction of sp³-hybridized carbons (Fsp3) is 0.455. The molecule has 2 aliphatic rings. The predicted octanol–water partition coefficient (Wildman–Crippen LogP) is 2.42. The molecule has 15 heavy (non-hydrogen) atoms. The van der Waals surface area contributed by atoms with Crippen LogP contribution in [0.4, 0.5) is 0 Å². The highest BCUT2D eigenvalue weighted by Gasteiger charge is 2.26. The molecule has 0 unspecified atom stereocenters. The van der Waals surface area contributed by atoms with Gasteiger partial charge in [0, 0.05) is 22.0 Å². The van der Waals surface area contributed by atoms with Crippen molar-refractivity contribution in [3.05, 3.63) is 34.1 Å². The van der Waals surface area contributed by atoms with Gasteiger partial charge in [-0.1, -0.05) is 0 Å². The van der Waals surface area contributed by atoms with Crippen molar-refractivity contribution >= 4 is 15.9 Å². The normalized spacial score (nSPS) is 24.9. The highest BCUT2D eigenvalue weighted by atomic mass is 79.9. The molecule has 0 spiro atoms. The van der Waals surface area contributed by atoms with Crippen molar-refractivity contribution < 1.29 is 9.47 Å². The van der Waals surface area contributed by atoms with Gasteiger partial charge < -0.3 is 14.8 Å². The number of allylic oxidation sites excluding steroid dienone is 3. The molecule has 0 aromatic heterocycles. The molecule has 2 heterocycles. The van der Waals surface area contributed by atoms with Gasteiger partial charge in [0.2, 0.25) is 0 Å². The summed E-state index contributed by atoms with van der Waals surface area (Å²) >= 11 is 3.38. The molecule has 1 saturated heterocycles. The highest BCUT2D eigenvalue weighted by molar-refractivity contribution is 9.11. The van der Waals surface area contributed by atoms with Crippen LogP contribution in [0.5, 0.6) is 0 Å². The molecule has 2 rings (SSSR count). The fourth-order valence-electron chi connectivity index (χ4n) is 1.39. The summed E-state index contributed by atoms with van der Waals surface area (Å²) in [6, 6.07) is 0. The van der Waals surface area contributed by atoms with Crippen molar-refractivity contribution in [2.75, 3.05) is 13.2 Å². The van der Waals surface area contributed by atoms with E-state index in [0.717, 1.165) is 15.8 Å². The summed E-state index contributed by atoms with van der Waals surface area (Å²) in [6.07, 6.45) is 5.92. The van der Waals surface area contributed by atoms with E-state index in [4.69, 9.17) is 9.47 Å². The summed E-state index contributed by atoms with van der Waals surface area (Å²) < 4.78 is 12.2. The molecule has 0 aromatic rings. The Morgan fingerprint density at radius 3 is 2.47 bits per heavy atom. The van der Waals surface area contributed by atoms with Gasteiger partial charge in [-0.3, -0.25) is 0 Å². The SMILES string of the molecule is CC1(C)OCC(=C2C=CC(Br)=CN2)CO1. The third kappa shape index (κ3) is 2.71. The number of rotatable bonds is 0. The van der Waals surface area contributed by atoms with Crippen LogP contribution in [-0.2, 0) is 9.47 Å². The van der Waals surface area contributed by atoms with Crippen LogP contribution in [0.2, 0.25) is 0 Å². The van der Waals surface area contributed by atoms with Crippen molar-refractivity contribution in [1.29, 1.82) is 0 Å². The molecular formula is C11H14BrNO2. The zero-order chi connectivity index (χ0) is 10.9. The third-order valence-electron chi connectivity index (χ3n) is 2.34. The molecule has 1 fully saturated rings. The second-order valence-electron chi connectivity index (χ2n) is 4.00. The van der Waals surface area contributed by atoms with Crippen LogP contribution in [0.25, 0.3) is 0 Å². The third-order valence-corrected chi connectivity index (χ3v) is 2.84. The lowest BCUT2D eigenvalue weighted by Crippen LogP contribution is -2.36. The molecule has 0 aliphatic carbocycles. The number of halogens is 1. The van der Waals surface area contributed by atoms with Gasteiger partial charge in [-0.25, -0.2) is 0 Å². The highest BCUT2D eigenvalue weighted by Crippen LogP contribution is 2.23. The first-order valence-electron chi connectivity index (χ1n) is 4.87. The second-order valence-corrected chi connectivity index (χ2v) is 4.92. The van der Waals surface area contributed by atoms with Gasteiger partial charge in [-0.2, -0.15) is 0 Å². The first-order valence-corrected chi connectivity index (χ1v) is 5.66. The lowest BCUT2D eigenvalue weighted by Gasteiger charge is -2.32. The van der Waals surface area contributed by atoms with E-state index in [9.17, 15) is 0 Å². The van der Waals surface area contributed by atoms with E-state index in [0.29, 0.717) is 13.2 Å². The quantitative estimate of drug-likeness (QED) is 0.734. The van der Waals surface area contributed by atoms with E-state index >= 15 is 0 Å². The molecule has 0 saturated carbocycles. The molecule has 0 atom stereocenters. The molecule has 0 radical (unpaired) electrons. The summed E-state index contributed by atoms with van der Waals surface area (Å²) in [5.74, 6) is -0.459. The van der Waals surface area contributed by atoms with Gasteiger partial charge in [-0.15, -0.1) is 0 Å². The number of hydrogen-bond donors (Lipinski definition) is 1. The maximum absolute atomic E-state index is 5.57. The van der Waals surface area contributed by atoms with E-state index < -0.39 is 5.79 Å². The lowest BCUT2D eigenvalue weighted by atomic mass is 10.1. The van der Waals surface area contributed by atoms with Crippen LogP contribution >= 0.6 is 15.9 Å². The molecule has 3 nitrogen and oxygen atoms in total. The fourth-order valence-corrected chi connectivity index (χ4v) is 1.63. The number of dihydropyridines is 1. The van der Waals surface area contributed by atoms with Gasteiger partial charge in [0.05, 0.1) is 13.2 Å².